The number of esters is 3. The van der Waals surface area contributed by atoms with Crippen molar-refractivity contribution in [3.63, 3.8) is 0 Å². The van der Waals surface area contributed by atoms with Gasteiger partial charge in [-0.1, -0.05) is 255 Å². The lowest BCUT2D eigenvalue weighted by atomic mass is 10.0. The fraction of sp³-hybridized carbons (Fsp3) is 0.794. The van der Waals surface area contributed by atoms with Crippen molar-refractivity contribution in [3.8, 4) is 0 Å². The highest BCUT2D eigenvalue weighted by molar-refractivity contribution is 5.71. The molecule has 0 amide bonds. The van der Waals surface area contributed by atoms with E-state index in [0.717, 1.165) is 89.9 Å². The first-order valence-corrected chi connectivity index (χ1v) is 29.8. The Bertz CT molecular complexity index is 1250. The topological polar surface area (TPSA) is 78.9 Å². The van der Waals surface area contributed by atoms with Crippen molar-refractivity contribution < 1.29 is 28.6 Å². The summed E-state index contributed by atoms with van der Waals surface area (Å²) in [6, 6.07) is 0. The summed E-state index contributed by atoms with van der Waals surface area (Å²) < 4.78 is 16.9. The van der Waals surface area contributed by atoms with Crippen molar-refractivity contribution in [2.24, 2.45) is 0 Å². The van der Waals surface area contributed by atoms with Crippen LogP contribution >= 0.6 is 0 Å². The Morgan fingerprint density at radius 2 is 0.522 bits per heavy atom. The summed E-state index contributed by atoms with van der Waals surface area (Å²) in [5.74, 6) is -0.912. The van der Waals surface area contributed by atoms with Crippen molar-refractivity contribution in [3.05, 3.63) is 60.8 Å². The fourth-order valence-electron chi connectivity index (χ4n) is 8.48. The number of hydrogen-bond donors (Lipinski definition) is 0. The maximum Gasteiger partial charge on any atom is 0.306 e. The van der Waals surface area contributed by atoms with Crippen LogP contribution in [0.4, 0.5) is 0 Å². The molecule has 0 aliphatic carbocycles. The van der Waals surface area contributed by atoms with Gasteiger partial charge in [0.25, 0.3) is 0 Å². The summed E-state index contributed by atoms with van der Waals surface area (Å²) in [6.45, 7) is 6.60. The van der Waals surface area contributed by atoms with E-state index in [9.17, 15) is 14.4 Å². The lowest BCUT2D eigenvalue weighted by Crippen LogP contribution is -2.30. The number of carbonyl (C=O) groups excluding carboxylic acids is 3. The maximum atomic E-state index is 12.9. The molecule has 0 rings (SSSR count). The maximum absolute atomic E-state index is 12.9. The molecule has 0 aromatic rings. The molecule has 0 saturated heterocycles. The van der Waals surface area contributed by atoms with Gasteiger partial charge in [0.15, 0.2) is 6.10 Å². The van der Waals surface area contributed by atoms with Crippen LogP contribution in [0.25, 0.3) is 0 Å². The quantitative estimate of drug-likeness (QED) is 0.0262. The summed E-state index contributed by atoms with van der Waals surface area (Å²) in [5, 5.41) is 0. The van der Waals surface area contributed by atoms with E-state index < -0.39 is 6.10 Å². The second kappa shape index (κ2) is 57.7. The molecule has 0 unspecified atom stereocenters. The molecular weight excluding hydrogens is 853 g/mol. The molecule has 1 atom stereocenters. The number of allylic oxidation sites excluding steroid dienone is 10. The number of ether oxygens (including phenoxy) is 3. The first-order chi connectivity index (χ1) is 34.0. The zero-order valence-corrected chi connectivity index (χ0v) is 45.8. The zero-order chi connectivity index (χ0) is 50.0. The van der Waals surface area contributed by atoms with Crippen LogP contribution < -0.4 is 0 Å². The van der Waals surface area contributed by atoms with Crippen LogP contribution in [0.1, 0.15) is 303 Å². The summed E-state index contributed by atoms with van der Waals surface area (Å²) in [6.07, 6.45) is 72.1. The highest BCUT2D eigenvalue weighted by atomic mass is 16.6. The van der Waals surface area contributed by atoms with Crippen molar-refractivity contribution >= 4 is 17.9 Å². The van der Waals surface area contributed by atoms with Crippen molar-refractivity contribution in [2.45, 2.75) is 309 Å². The van der Waals surface area contributed by atoms with Gasteiger partial charge in [-0.2, -0.15) is 0 Å². The van der Waals surface area contributed by atoms with Crippen LogP contribution in [0.5, 0.6) is 0 Å². The van der Waals surface area contributed by atoms with E-state index in [0.29, 0.717) is 19.3 Å². The predicted octanol–water partition coefficient (Wildman–Crippen LogP) is 20.0. The Labute approximate surface area is 428 Å². The van der Waals surface area contributed by atoms with Crippen LogP contribution in [0.2, 0.25) is 0 Å². The molecule has 0 heterocycles. The second-order valence-electron chi connectivity index (χ2n) is 19.9. The van der Waals surface area contributed by atoms with Crippen LogP contribution in [0, 0.1) is 0 Å². The first-order valence-electron chi connectivity index (χ1n) is 29.8. The molecule has 0 radical (unpaired) electrons. The third-order valence-corrected chi connectivity index (χ3v) is 13.0. The molecule has 0 fully saturated rings. The van der Waals surface area contributed by atoms with Crippen LogP contribution in [0.3, 0.4) is 0 Å². The summed E-state index contributed by atoms with van der Waals surface area (Å²) in [7, 11) is 0. The van der Waals surface area contributed by atoms with Crippen molar-refractivity contribution in [1.29, 1.82) is 0 Å². The molecule has 0 aliphatic heterocycles. The van der Waals surface area contributed by atoms with E-state index in [1.807, 2.05) is 0 Å². The number of hydrogen-bond acceptors (Lipinski definition) is 6. The average Bonchev–Trinajstić information content (AvgIpc) is 3.35. The van der Waals surface area contributed by atoms with Crippen LogP contribution in [-0.2, 0) is 28.6 Å². The molecule has 0 bridgehead atoms. The molecule has 0 aromatic heterocycles. The van der Waals surface area contributed by atoms with Crippen LogP contribution in [-0.4, -0.2) is 37.2 Å². The van der Waals surface area contributed by atoms with E-state index in [-0.39, 0.29) is 31.1 Å². The van der Waals surface area contributed by atoms with Gasteiger partial charge in [-0.15, -0.1) is 0 Å². The summed E-state index contributed by atoms with van der Waals surface area (Å²) in [4.78, 5) is 38.2. The van der Waals surface area contributed by atoms with Crippen molar-refractivity contribution in [2.75, 3.05) is 13.2 Å². The van der Waals surface area contributed by atoms with E-state index in [4.69, 9.17) is 14.2 Å². The minimum atomic E-state index is -0.789. The smallest absolute Gasteiger partial charge is 0.306 e. The number of rotatable bonds is 54. The van der Waals surface area contributed by atoms with Gasteiger partial charge in [-0.3, -0.25) is 14.4 Å². The van der Waals surface area contributed by atoms with Gasteiger partial charge in [-0.05, 0) is 89.9 Å². The van der Waals surface area contributed by atoms with Crippen LogP contribution in [0.15, 0.2) is 60.8 Å². The molecule has 0 saturated carbocycles. The van der Waals surface area contributed by atoms with Gasteiger partial charge in [0.2, 0.25) is 0 Å². The minimum Gasteiger partial charge on any atom is -0.462 e. The van der Waals surface area contributed by atoms with Gasteiger partial charge in [0.1, 0.15) is 13.2 Å². The van der Waals surface area contributed by atoms with Crippen molar-refractivity contribution in [1.82, 2.24) is 0 Å². The SMILES string of the molecule is CCCCC/C=C/C/C=C/C/C=C/C/C=C/CCCCCC(=O)OC[C@@H](COC(=O)CCCCCCC/C=C/CCCCCC)OC(=O)CCCCCCCCCCCCCCCCCCCCC. The Kier molecular flexibility index (Phi) is 55.3. The highest BCUT2D eigenvalue weighted by Gasteiger charge is 2.19. The standard InChI is InChI=1S/C63H112O6/c1-4-7-10-13-16-19-22-25-27-29-31-33-35-38-41-44-47-50-53-56-62(65)68-59-60(58-67-61(64)55-52-49-46-43-40-37-24-21-18-15-12-9-6-3)69-63(66)57-54-51-48-45-42-39-36-34-32-30-28-26-23-20-17-14-11-8-5-2/h16,19,21,24-25,27,31,33,38,41,60H,4-15,17-18,20,22-23,26,28-30,32,34-37,39-40,42-59H2,1-3H3/b19-16+,24-21+,27-25+,33-31+,41-38+/t60-/m1/s1. The molecule has 0 aromatic carbocycles. The molecule has 6 heteroatoms. The third kappa shape index (κ3) is 55.9. The number of carbonyl (C=O) groups is 3. The molecule has 0 aliphatic rings. The Hall–Kier alpha value is -2.89. The van der Waals surface area contributed by atoms with E-state index in [2.05, 4.69) is 81.5 Å². The van der Waals surface area contributed by atoms with E-state index >= 15 is 0 Å². The molecule has 0 spiro atoms. The lowest BCUT2D eigenvalue weighted by Gasteiger charge is -2.18. The summed E-state index contributed by atoms with van der Waals surface area (Å²) in [5.41, 5.74) is 0. The average molecular weight is 966 g/mol. The number of unbranched alkanes of at least 4 members (excludes halogenated alkanes) is 33. The molecule has 69 heavy (non-hydrogen) atoms. The predicted molar refractivity (Wildman–Crippen MR) is 298 cm³/mol. The van der Waals surface area contributed by atoms with E-state index in [1.54, 1.807) is 0 Å². The molecule has 400 valence electrons. The Morgan fingerprint density at radius 3 is 0.884 bits per heavy atom. The Morgan fingerprint density at radius 1 is 0.290 bits per heavy atom. The van der Waals surface area contributed by atoms with Gasteiger partial charge in [0.05, 0.1) is 0 Å². The Balaban J connectivity index is 4.40. The normalized spacial score (nSPS) is 12.4. The third-order valence-electron chi connectivity index (χ3n) is 13.0. The first kappa shape index (κ1) is 66.1. The minimum absolute atomic E-state index is 0.0864. The lowest BCUT2D eigenvalue weighted by molar-refractivity contribution is -0.167. The second-order valence-corrected chi connectivity index (χ2v) is 19.9. The molecule has 0 N–H and O–H groups in total. The van der Waals surface area contributed by atoms with E-state index in [1.165, 1.54) is 173 Å². The zero-order valence-electron chi connectivity index (χ0n) is 45.8. The monoisotopic (exact) mass is 965 g/mol. The van der Waals surface area contributed by atoms with Gasteiger partial charge < -0.3 is 14.2 Å². The fourth-order valence-corrected chi connectivity index (χ4v) is 8.48. The summed E-state index contributed by atoms with van der Waals surface area (Å²) >= 11 is 0. The molecular formula is C63H112O6. The van der Waals surface area contributed by atoms with Gasteiger partial charge in [-0.25, -0.2) is 0 Å². The largest absolute Gasteiger partial charge is 0.462 e. The molecule has 6 nitrogen and oxygen atoms in total. The van der Waals surface area contributed by atoms with Gasteiger partial charge >= 0.3 is 17.9 Å². The highest BCUT2D eigenvalue weighted by Crippen LogP contribution is 2.16. The van der Waals surface area contributed by atoms with Gasteiger partial charge in [0, 0.05) is 19.3 Å².